The SMILES string of the molecule is CCCCC(CC)COC(=O)CCCC(=O)OC(C)CCCC. The van der Waals surface area contributed by atoms with Gasteiger partial charge in [0.1, 0.15) is 0 Å². The summed E-state index contributed by atoms with van der Waals surface area (Å²) in [6, 6.07) is 0. The molecule has 0 aromatic carbocycles. The van der Waals surface area contributed by atoms with Crippen LogP contribution in [0.2, 0.25) is 0 Å². The molecule has 136 valence electrons. The van der Waals surface area contributed by atoms with Crippen molar-refractivity contribution in [2.45, 2.75) is 98.0 Å². The first-order chi connectivity index (χ1) is 11.0. The van der Waals surface area contributed by atoms with Crippen LogP contribution in [0.15, 0.2) is 0 Å². The molecule has 0 N–H and O–H groups in total. The van der Waals surface area contributed by atoms with Crippen LogP contribution in [0.5, 0.6) is 0 Å². The number of unbranched alkanes of at least 4 members (excludes halogenated alkanes) is 2. The second kappa shape index (κ2) is 14.5. The molecule has 2 atom stereocenters. The molecule has 0 aromatic rings. The highest BCUT2D eigenvalue weighted by molar-refractivity contribution is 5.72. The van der Waals surface area contributed by atoms with E-state index in [1.165, 1.54) is 12.8 Å². The Balaban J connectivity index is 3.74. The van der Waals surface area contributed by atoms with Gasteiger partial charge in [0.15, 0.2) is 0 Å². The zero-order valence-electron chi connectivity index (χ0n) is 15.6. The van der Waals surface area contributed by atoms with Gasteiger partial charge in [-0.3, -0.25) is 9.59 Å². The summed E-state index contributed by atoms with van der Waals surface area (Å²) in [4.78, 5) is 23.4. The molecule has 0 aliphatic carbocycles. The fraction of sp³-hybridized carbons (Fsp3) is 0.895. The van der Waals surface area contributed by atoms with Crippen LogP contribution in [-0.4, -0.2) is 24.6 Å². The number of ether oxygens (including phenoxy) is 2. The van der Waals surface area contributed by atoms with Crippen LogP contribution in [0, 0.1) is 5.92 Å². The van der Waals surface area contributed by atoms with Gasteiger partial charge in [0, 0.05) is 12.8 Å². The van der Waals surface area contributed by atoms with Crippen molar-refractivity contribution in [1.82, 2.24) is 0 Å². The Morgan fingerprint density at radius 2 is 1.48 bits per heavy atom. The molecule has 0 spiro atoms. The number of rotatable bonds is 14. The van der Waals surface area contributed by atoms with Crippen molar-refractivity contribution in [3.05, 3.63) is 0 Å². The van der Waals surface area contributed by atoms with Crippen LogP contribution < -0.4 is 0 Å². The molecule has 0 aliphatic heterocycles. The average molecular weight is 328 g/mol. The van der Waals surface area contributed by atoms with Crippen molar-refractivity contribution < 1.29 is 19.1 Å². The molecule has 0 saturated carbocycles. The summed E-state index contributed by atoms with van der Waals surface area (Å²) in [5, 5.41) is 0. The van der Waals surface area contributed by atoms with Crippen molar-refractivity contribution in [3.63, 3.8) is 0 Å². The lowest BCUT2D eigenvalue weighted by Gasteiger charge is -2.15. The van der Waals surface area contributed by atoms with E-state index in [-0.39, 0.29) is 18.0 Å². The third kappa shape index (κ3) is 13.1. The summed E-state index contributed by atoms with van der Waals surface area (Å²) in [5.41, 5.74) is 0. The van der Waals surface area contributed by atoms with Gasteiger partial charge >= 0.3 is 11.9 Å². The van der Waals surface area contributed by atoms with Crippen LogP contribution >= 0.6 is 0 Å². The molecular formula is C19H36O4. The van der Waals surface area contributed by atoms with Crippen molar-refractivity contribution in [1.29, 1.82) is 0 Å². The van der Waals surface area contributed by atoms with Gasteiger partial charge < -0.3 is 9.47 Å². The van der Waals surface area contributed by atoms with Gasteiger partial charge in [-0.1, -0.05) is 52.9 Å². The maximum Gasteiger partial charge on any atom is 0.306 e. The van der Waals surface area contributed by atoms with Crippen LogP contribution in [-0.2, 0) is 19.1 Å². The first-order valence-corrected chi connectivity index (χ1v) is 9.38. The minimum atomic E-state index is -0.212. The number of carbonyl (C=O) groups is 2. The van der Waals surface area contributed by atoms with E-state index in [1.54, 1.807) is 0 Å². The van der Waals surface area contributed by atoms with Crippen molar-refractivity contribution in [2.24, 2.45) is 5.92 Å². The summed E-state index contributed by atoms with van der Waals surface area (Å²) in [6.45, 7) is 8.84. The quantitative estimate of drug-likeness (QED) is 0.419. The van der Waals surface area contributed by atoms with E-state index >= 15 is 0 Å². The van der Waals surface area contributed by atoms with Crippen molar-refractivity contribution >= 4 is 11.9 Å². The van der Waals surface area contributed by atoms with E-state index in [0.717, 1.165) is 32.1 Å². The number of esters is 2. The molecule has 0 saturated heterocycles. The highest BCUT2D eigenvalue weighted by Gasteiger charge is 2.12. The number of carbonyl (C=O) groups excluding carboxylic acids is 2. The molecule has 4 nitrogen and oxygen atoms in total. The maximum absolute atomic E-state index is 11.7. The van der Waals surface area contributed by atoms with Crippen molar-refractivity contribution in [3.8, 4) is 0 Å². The number of hydrogen-bond acceptors (Lipinski definition) is 4. The summed E-state index contributed by atoms with van der Waals surface area (Å²) < 4.78 is 10.6. The molecular weight excluding hydrogens is 292 g/mol. The van der Waals surface area contributed by atoms with E-state index in [2.05, 4.69) is 20.8 Å². The first kappa shape index (κ1) is 21.9. The zero-order valence-corrected chi connectivity index (χ0v) is 15.6. The van der Waals surface area contributed by atoms with Gasteiger partial charge in [-0.2, -0.15) is 0 Å². The zero-order chi connectivity index (χ0) is 17.5. The van der Waals surface area contributed by atoms with Crippen LogP contribution in [0.1, 0.15) is 91.9 Å². The summed E-state index contributed by atoms with van der Waals surface area (Å²) in [7, 11) is 0. The molecule has 4 heteroatoms. The fourth-order valence-electron chi connectivity index (χ4n) is 2.39. The van der Waals surface area contributed by atoms with Gasteiger partial charge in [0.05, 0.1) is 12.7 Å². The largest absolute Gasteiger partial charge is 0.465 e. The highest BCUT2D eigenvalue weighted by Crippen LogP contribution is 2.13. The molecule has 0 rings (SSSR count). The van der Waals surface area contributed by atoms with Gasteiger partial charge in [0.2, 0.25) is 0 Å². The van der Waals surface area contributed by atoms with E-state index < -0.39 is 0 Å². The second-order valence-electron chi connectivity index (χ2n) is 6.40. The average Bonchev–Trinajstić information content (AvgIpc) is 2.53. The molecule has 23 heavy (non-hydrogen) atoms. The minimum Gasteiger partial charge on any atom is -0.465 e. The molecule has 0 radical (unpaired) electrons. The number of hydrogen-bond donors (Lipinski definition) is 0. The predicted molar refractivity (Wildman–Crippen MR) is 93.2 cm³/mol. The molecule has 0 bridgehead atoms. The molecule has 0 aliphatic rings. The molecule has 0 fully saturated rings. The van der Waals surface area contributed by atoms with Gasteiger partial charge in [-0.05, 0) is 32.1 Å². The normalized spacial score (nSPS) is 13.4. The Labute approximate surface area is 142 Å². The lowest BCUT2D eigenvalue weighted by molar-refractivity contribution is -0.149. The first-order valence-electron chi connectivity index (χ1n) is 9.38. The molecule has 0 aromatic heterocycles. The molecule has 0 amide bonds. The van der Waals surface area contributed by atoms with E-state index in [4.69, 9.17) is 9.47 Å². The standard InChI is InChI=1S/C19H36O4/c1-5-8-11-16(4)23-19(21)14-10-13-18(20)22-15-17(7-3)12-9-6-2/h16-17H,5-15H2,1-4H3. The van der Waals surface area contributed by atoms with Crippen molar-refractivity contribution in [2.75, 3.05) is 6.61 Å². The van der Waals surface area contributed by atoms with Crippen LogP contribution in [0.25, 0.3) is 0 Å². The third-order valence-electron chi connectivity index (χ3n) is 4.08. The van der Waals surface area contributed by atoms with Crippen LogP contribution in [0.3, 0.4) is 0 Å². The smallest absolute Gasteiger partial charge is 0.306 e. The minimum absolute atomic E-state index is 0.0294. The third-order valence-corrected chi connectivity index (χ3v) is 4.08. The van der Waals surface area contributed by atoms with Gasteiger partial charge in [-0.25, -0.2) is 0 Å². The molecule has 0 heterocycles. The fourth-order valence-corrected chi connectivity index (χ4v) is 2.39. The van der Waals surface area contributed by atoms with Gasteiger partial charge in [-0.15, -0.1) is 0 Å². The summed E-state index contributed by atoms with van der Waals surface area (Å²) in [6.07, 6.45) is 8.63. The lowest BCUT2D eigenvalue weighted by Crippen LogP contribution is -2.16. The summed E-state index contributed by atoms with van der Waals surface area (Å²) in [5.74, 6) is 0.0471. The van der Waals surface area contributed by atoms with Gasteiger partial charge in [0.25, 0.3) is 0 Å². The molecule has 2 unspecified atom stereocenters. The highest BCUT2D eigenvalue weighted by atomic mass is 16.5. The monoisotopic (exact) mass is 328 g/mol. The Hall–Kier alpha value is -1.06. The predicted octanol–water partition coefficient (Wildman–Crippen LogP) is 5.04. The second-order valence-corrected chi connectivity index (χ2v) is 6.40. The maximum atomic E-state index is 11.7. The Kier molecular flexibility index (Phi) is 13.9. The lowest BCUT2D eigenvalue weighted by atomic mass is 10.0. The van der Waals surface area contributed by atoms with E-state index in [9.17, 15) is 9.59 Å². The Morgan fingerprint density at radius 1 is 0.870 bits per heavy atom. The Morgan fingerprint density at radius 3 is 2.09 bits per heavy atom. The Bertz CT molecular complexity index is 314. The summed E-state index contributed by atoms with van der Waals surface area (Å²) >= 11 is 0. The van der Waals surface area contributed by atoms with E-state index in [0.29, 0.717) is 31.8 Å². The topological polar surface area (TPSA) is 52.6 Å². The van der Waals surface area contributed by atoms with Crippen LogP contribution in [0.4, 0.5) is 0 Å². The van der Waals surface area contributed by atoms with E-state index in [1.807, 2.05) is 6.92 Å².